The van der Waals surface area contributed by atoms with Crippen LogP contribution in [0.3, 0.4) is 0 Å². The van der Waals surface area contributed by atoms with E-state index in [1.54, 1.807) is 7.11 Å². The van der Waals surface area contributed by atoms with E-state index in [0.717, 1.165) is 28.2 Å². The first kappa shape index (κ1) is 12.0. The summed E-state index contributed by atoms with van der Waals surface area (Å²) >= 11 is 5.35. The van der Waals surface area contributed by atoms with Gasteiger partial charge in [-0.25, -0.2) is 0 Å². The number of methoxy groups -OCH3 is 1. The molecule has 0 spiro atoms. The standard InChI is InChI=1S/C13H13N3O2S/c1-8-5-9(15-18-8)7-16-12-6-10(17-2)3-4-11(12)14-13(16)19/h3-6H,7H2,1-2H3,(H,14,19). The van der Waals surface area contributed by atoms with E-state index in [1.807, 2.05) is 35.8 Å². The minimum absolute atomic E-state index is 0.573. The Morgan fingerprint density at radius 1 is 1.42 bits per heavy atom. The molecule has 1 aromatic carbocycles. The summed E-state index contributed by atoms with van der Waals surface area (Å²) in [5.74, 6) is 1.59. The second-order valence-corrected chi connectivity index (χ2v) is 4.71. The zero-order chi connectivity index (χ0) is 13.4. The number of aromatic amines is 1. The molecule has 0 atom stereocenters. The van der Waals surface area contributed by atoms with Gasteiger partial charge in [0.2, 0.25) is 0 Å². The van der Waals surface area contributed by atoms with Crippen molar-refractivity contribution in [3.8, 4) is 5.75 Å². The second kappa shape index (κ2) is 4.55. The van der Waals surface area contributed by atoms with Crippen LogP contribution in [-0.4, -0.2) is 21.8 Å². The van der Waals surface area contributed by atoms with E-state index in [2.05, 4.69) is 10.1 Å². The molecule has 0 aliphatic rings. The molecule has 98 valence electrons. The Morgan fingerprint density at radius 3 is 2.95 bits per heavy atom. The highest BCUT2D eigenvalue weighted by Gasteiger charge is 2.08. The number of aryl methyl sites for hydroxylation is 1. The number of hydrogen-bond acceptors (Lipinski definition) is 4. The molecule has 0 aliphatic heterocycles. The van der Waals surface area contributed by atoms with Crippen molar-refractivity contribution in [2.75, 3.05) is 7.11 Å². The Hall–Kier alpha value is -2.08. The molecule has 5 nitrogen and oxygen atoms in total. The molecule has 3 aromatic rings. The van der Waals surface area contributed by atoms with Crippen molar-refractivity contribution in [2.24, 2.45) is 0 Å². The van der Waals surface area contributed by atoms with Crippen LogP contribution in [0.5, 0.6) is 5.75 Å². The van der Waals surface area contributed by atoms with Gasteiger partial charge in [0.25, 0.3) is 0 Å². The van der Waals surface area contributed by atoms with E-state index in [1.165, 1.54) is 0 Å². The molecule has 0 bridgehead atoms. The van der Waals surface area contributed by atoms with Gasteiger partial charge in [0, 0.05) is 12.1 Å². The lowest BCUT2D eigenvalue weighted by atomic mass is 10.3. The minimum atomic E-state index is 0.573. The average Bonchev–Trinajstić information content (AvgIpc) is 2.94. The maximum absolute atomic E-state index is 5.35. The van der Waals surface area contributed by atoms with Gasteiger partial charge in [-0.1, -0.05) is 5.16 Å². The van der Waals surface area contributed by atoms with Crippen molar-refractivity contribution in [1.29, 1.82) is 0 Å². The fourth-order valence-corrected chi connectivity index (χ4v) is 2.34. The molecule has 6 heteroatoms. The molecule has 1 N–H and O–H groups in total. The zero-order valence-corrected chi connectivity index (χ0v) is 11.5. The highest BCUT2D eigenvalue weighted by Crippen LogP contribution is 2.21. The van der Waals surface area contributed by atoms with Crippen LogP contribution in [0.25, 0.3) is 11.0 Å². The number of ether oxygens (including phenoxy) is 1. The van der Waals surface area contributed by atoms with Gasteiger partial charge < -0.3 is 18.8 Å². The number of imidazole rings is 1. The molecule has 2 aromatic heterocycles. The van der Waals surface area contributed by atoms with E-state index in [0.29, 0.717) is 11.3 Å². The summed E-state index contributed by atoms with van der Waals surface area (Å²) in [7, 11) is 1.65. The average molecular weight is 275 g/mol. The fourth-order valence-electron chi connectivity index (χ4n) is 2.07. The van der Waals surface area contributed by atoms with Gasteiger partial charge in [-0.2, -0.15) is 0 Å². The van der Waals surface area contributed by atoms with Gasteiger partial charge in [-0.15, -0.1) is 0 Å². The lowest BCUT2D eigenvalue weighted by Crippen LogP contribution is -1.99. The summed E-state index contributed by atoms with van der Waals surface area (Å²) in [6, 6.07) is 7.71. The van der Waals surface area contributed by atoms with Crippen molar-refractivity contribution in [3.63, 3.8) is 0 Å². The number of H-pyrrole nitrogens is 1. The predicted octanol–water partition coefficient (Wildman–Crippen LogP) is 3.05. The maximum Gasteiger partial charge on any atom is 0.178 e. The maximum atomic E-state index is 5.35. The molecular formula is C13H13N3O2S. The molecule has 0 amide bonds. The van der Waals surface area contributed by atoms with Crippen LogP contribution in [0.15, 0.2) is 28.8 Å². The van der Waals surface area contributed by atoms with Crippen LogP contribution in [-0.2, 0) is 6.54 Å². The molecule has 0 fully saturated rings. The summed E-state index contributed by atoms with van der Waals surface area (Å²) in [5.41, 5.74) is 2.81. The summed E-state index contributed by atoms with van der Waals surface area (Å²) in [6.45, 7) is 2.44. The molecule has 19 heavy (non-hydrogen) atoms. The number of hydrogen-bond donors (Lipinski definition) is 1. The van der Waals surface area contributed by atoms with Gasteiger partial charge in [0.15, 0.2) is 4.77 Å². The molecule has 0 saturated heterocycles. The SMILES string of the molecule is COc1ccc2[nH]c(=S)n(Cc3cc(C)on3)c2c1. The molecule has 0 aliphatic carbocycles. The topological polar surface area (TPSA) is 56.0 Å². The molecular weight excluding hydrogens is 262 g/mol. The summed E-state index contributed by atoms with van der Waals surface area (Å²) in [6.07, 6.45) is 0. The zero-order valence-electron chi connectivity index (χ0n) is 10.6. The van der Waals surface area contributed by atoms with Gasteiger partial charge in [-0.3, -0.25) is 0 Å². The lowest BCUT2D eigenvalue weighted by Gasteiger charge is -2.03. The minimum Gasteiger partial charge on any atom is -0.497 e. The Labute approximate surface area is 114 Å². The first-order valence-corrected chi connectivity index (χ1v) is 6.27. The Morgan fingerprint density at radius 2 is 2.26 bits per heavy atom. The van der Waals surface area contributed by atoms with Crippen LogP contribution < -0.4 is 4.74 Å². The van der Waals surface area contributed by atoms with Gasteiger partial charge in [0.05, 0.1) is 24.7 Å². The van der Waals surface area contributed by atoms with Gasteiger partial charge in [0.1, 0.15) is 17.2 Å². The third kappa shape index (κ3) is 2.15. The molecule has 0 saturated carbocycles. The smallest absolute Gasteiger partial charge is 0.178 e. The van der Waals surface area contributed by atoms with Crippen molar-refractivity contribution >= 4 is 23.3 Å². The van der Waals surface area contributed by atoms with E-state index < -0.39 is 0 Å². The van der Waals surface area contributed by atoms with Crippen LogP contribution in [0.2, 0.25) is 0 Å². The number of fused-ring (bicyclic) bond motifs is 1. The Bertz CT molecular complexity index is 785. The third-order valence-corrected chi connectivity index (χ3v) is 3.30. The first-order valence-electron chi connectivity index (χ1n) is 5.86. The van der Waals surface area contributed by atoms with Crippen LogP contribution in [0.1, 0.15) is 11.5 Å². The molecule has 0 unspecified atom stereocenters. The Kier molecular flexibility index (Phi) is 2.87. The first-order chi connectivity index (χ1) is 9.17. The normalized spacial score (nSPS) is 11.1. The van der Waals surface area contributed by atoms with Crippen molar-refractivity contribution in [2.45, 2.75) is 13.5 Å². The van der Waals surface area contributed by atoms with E-state index >= 15 is 0 Å². The Balaban J connectivity index is 2.11. The predicted molar refractivity (Wildman–Crippen MR) is 74.0 cm³/mol. The van der Waals surface area contributed by atoms with E-state index in [4.69, 9.17) is 21.5 Å². The van der Waals surface area contributed by atoms with Gasteiger partial charge >= 0.3 is 0 Å². The highest BCUT2D eigenvalue weighted by atomic mass is 32.1. The third-order valence-electron chi connectivity index (χ3n) is 2.98. The van der Waals surface area contributed by atoms with Crippen molar-refractivity contribution < 1.29 is 9.26 Å². The quantitative estimate of drug-likeness (QED) is 0.746. The van der Waals surface area contributed by atoms with Crippen LogP contribution in [0.4, 0.5) is 0 Å². The number of rotatable bonds is 3. The molecule has 2 heterocycles. The number of nitrogens with one attached hydrogen (secondary N) is 1. The largest absolute Gasteiger partial charge is 0.497 e. The molecule has 0 radical (unpaired) electrons. The fraction of sp³-hybridized carbons (Fsp3) is 0.231. The monoisotopic (exact) mass is 275 g/mol. The second-order valence-electron chi connectivity index (χ2n) is 4.33. The van der Waals surface area contributed by atoms with Crippen LogP contribution >= 0.6 is 12.2 Å². The molecule has 3 rings (SSSR count). The van der Waals surface area contributed by atoms with Gasteiger partial charge in [-0.05, 0) is 31.3 Å². The van der Waals surface area contributed by atoms with E-state index in [-0.39, 0.29) is 0 Å². The highest BCUT2D eigenvalue weighted by molar-refractivity contribution is 7.71. The van der Waals surface area contributed by atoms with E-state index in [9.17, 15) is 0 Å². The lowest BCUT2D eigenvalue weighted by molar-refractivity contribution is 0.389. The number of aromatic nitrogens is 3. The summed E-state index contributed by atoms with van der Waals surface area (Å²) in [4.78, 5) is 3.17. The van der Waals surface area contributed by atoms with Crippen molar-refractivity contribution in [1.82, 2.24) is 14.7 Å². The number of benzene rings is 1. The van der Waals surface area contributed by atoms with Crippen molar-refractivity contribution in [3.05, 3.63) is 40.5 Å². The number of nitrogens with zero attached hydrogens (tertiary/aromatic N) is 2. The summed E-state index contributed by atoms with van der Waals surface area (Å²) < 4.78 is 13.0. The summed E-state index contributed by atoms with van der Waals surface area (Å²) in [5, 5.41) is 3.99. The van der Waals surface area contributed by atoms with Crippen LogP contribution in [0, 0.1) is 11.7 Å².